The Balaban J connectivity index is 2.03. The largest absolute Gasteiger partial charge is 0.489 e. The molecule has 1 aliphatic rings. The highest BCUT2D eigenvalue weighted by Gasteiger charge is 2.36. The van der Waals surface area contributed by atoms with Gasteiger partial charge in [0.2, 0.25) is 0 Å². The van der Waals surface area contributed by atoms with Gasteiger partial charge in [-0.2, -0.15) is 5.26 Å². The second-order valence-corrected chi connectivity index (χ2v) is 5.11. The summed E-state index contributed by atoms with van der Waals surface area (Å²) >= 11 is 5.96. The molecule has 1 fully saturated rings. The van der Waals surface area contributed by atoms with E-state index in [9.17, 15) is 4.79 Å². The third kappa shape index (κ3) is 3.03. The van der Waals surface area contributed by atoms with Crippen LogP contribution in [0.1, 0.15) is 12.0 Å². The normalized spacial score (nSPS) is 22.3. The van der Waals surface area contributed by atoms with E-state index in [2.05, 4.69) is 0 Å². The average molecular weight is 295 g/mol. The lowest BCUT2D eigenvalue weighted by Gasteiger charge is -2.15. The molecule has 0 unspecified atom stereocenters. The summed E-state index contributed by atoms with van der Waals surface area (Å²) in [6.07, 6.45) is 0.467. The van der Waals surface area contributed by atoms with Gasteiger partial charge in [-0.3, -0.25) is 9.69 Å². The Morgan fingerprint density at radius 1 is 1.55 bits per heavy atom. The highest BCUT2D eigenvalue weighted by atomic mass is 35.5. The molecule has 0 saturated carbocycles. The highest BCUT2D eigenvalue weighted by Crippen LogP contribution is 2.26. The van der Waals surface area contributed by atoms with Gasteiger partial charge in [0.15, 0.2) is 0 Å². The van der Waals surface area contributed by atoms with Gasteiger partial charge in [0.25, 0.3) is 0 Å². The first kappa shape index (κ1) is 14.6. The minimum absolute atomic E-state index is 0.104. The van der Waals surface area contributed by atoms with Crippen molar-refractivity contribution in [3.63, 3.8) is 0 Å². The molecule has 2 rings (SSSR count). The number of methoxy groups -OCH3 is 1. The number of hydrogen-bond acceptors (Lipinski definition) is 5. The van der Waals surface area contributed by atoms with Crippen molar-refractivity contribution in [1.82, 2.24) is 4.90 Å². The number of hydrogen-bond donors (Lipinski definition) is 0. The van der Waals surface area contributed by atoms with Gasteiger partial charge in [-0.1, -0.05) is 11.6 Å². The number of likely N-dealkylation sites (N-methyl/N-ethyl adjacent to an activating group) is 1. The fourth-order valence-electron chi connectivity index (χ4n) is 2.30. The Labute approximate surface area is 122 Å². The fourth-order valence-corrected chi connectivity index (χ4v) is 2.51. The smallest absolute Gasteiger partial charge is 0.323 e. The highest BCUT2D eigenvalue weighted by molar-refractivity contribution is 6.31. The fraction of sp³-hybridized carbons (Fsp3) is 0.429. The molecule has 1 aromatic rings. The van der Waals surface area contributed by atoms with Gasteiger partial charge in [-0.05, 0) is 19.2 Å². The number of benzene rings is 1. The zero-order chi connectivity index (χ0) is 14.7. The van der Waals surface area contributed by atoms with Crippen molar-refractivity contribution in [3.8, 4) is 11.8 Å². The minimum atomic E-state index is -0.279. The third-order valence-corrected chi connectivity index (χ3v) is 3.66. The summed E-state index contributed by atoms with van der Waals surface area (Å²) in [5.41, 5.74) is 0.412. The second kappa shape index (κ2) is 6.12. The number of carbonyl (C=O) groups excluding carboxylic acids is 1. The van der Waals surface area contributed by atoms with Gasteiger partial charge < -0.3 is 9.47 Å². The molecule has 0 bridgehead atoms. The molecular weight excluding hydrogens is 280 g/mol. The van der Waals surface area contributed by atoms with Gasteiger partial charge >= 0.3 is 5.97 Å². The molecule has 5 nitrogen and oxygen atoms in total. The molecule has 0 spiro atoms. The van der Waals surface area contributed by atoms with E-state index in [0.717, 1.165) is 0 Å². The average Bonchev–Trinajstić information content (AvgIpc) is 2.79. The maximum Gasteiger partial charge on any atom is 0.323 e. The molecule has 0 aromatic heterocycles. The minimum Gasteiger partial charge on any atom is -0.489 e. The van der Waals surface area contributed by atoms with Crippen LogP contribution in [0.4, 0.5) is 0 Å². The maximum absolute atomic E-state index is 11.6. The molecule has 1 aromatic carbocycles. The van der Waals surface area contributed by atoms with E-state index >= 15 is 0 Å². The number of nitrogens with zero attached hydrogens (tertiary/aromatic N) is 2. The topological polar surface area (TPSA) is 62.6 Å². The van der Waals surface area contributed by atoms with Crippen LogP contribution in [0.25, 0.3) is 0 Å². The van der Waals surface area contributed by atoms with E-state index in [4.69, 9.17) is 26.3 Å². The van der Waals surface area contributed by atoms with Crippen LogP contribution in [-0.4, -0.2) is 43.7 Å². The Kier molecular flexibility index (Phi) is 4.48. The summed E-state index contributed by atoms with van der Waals surface area (Å²) in [6, 6.07) is 6.66. The molecule has 1 saturated heterocycles. The van der Waals surface area contributed by atoms with Crippen molar-refractivity contribution in [2.45, 2.75) is 18.6 Å². The van der Waals surface area contributed by atoms with Crippen LogP contribution in [0.2, 0.25) is 5.02 Å². The Hall–Kier alpha value is -1.77. The van der Waals surface area contributed by atoms with E-state index < -0.39 is 0 Å². The van der Waals surface area contributed by atoms with E-state index in [0.29, 0.717) is 29.3 Å². The maximum atomic E-state index is 11.6. The van der Waals surface area contributed by atoms with Crippen LogP contribution in [0, 0.1) is 11.3 Å². The van der Waals surface area contributed by atoms with Crippen molar-refractivity contribution in [3.05, 3.63) is 28.8 Å². The van der Waals surface area contributed by atoms with Crippen molar-refractivity contribution >= 4 is 17.6 Å². The molecule has 0 radical (unpaired) electrons. The number of ether oxygens (including phenoxy) is 2. The summed E-state index contributed by atoms with van der Waals surface area (Å²) in [5.74, 6) is 0.342. The van der Waals surface area contributed by atoms with Crippen LogP contribution in [0.5, 0.6) is 5.75 Å². The van der Waals surface area contributed by atoms with E-state index in [1.165, 1.54) is 7.11 Å². The van der Waals surface area contributed by atoms with Gasteiger partial charge in [-0.15, -0.1) is 0 Å². The number of carbonyl (C=O) groups is 1. The summed E-state index contributed by atoms with van der Waals surface area (Å²) in [7, 11) is 3.24. The summed E-state index contributed by atoms with van der Waals surface area (Å²) in [6.45, 7) is 0.636. The van der Waals surface area contributed by atoms with Crippen LogP contribution < -0.4 is 4.74 Å². The quantitative estimate of drug-likeness (QED) is 0.796. The number of esters is 1. The van der Waals surface area contributed by atoms with Crippen molar-refractivity contribution in [2.24, 2.45) is 0 Å². The molecule has 0 aliphatic carbocycles. The number of nitriles is 1. The Morgan fingerprint density at radius 3 is 2.90 bits per heavy atom. The molecule has 6 heteroatoms. The monoisotopic (exact) mass is 294 g/mol. The molecule has 1 heterocycles. The predicted octanol–water partition coefficient (Wildman–Crippen LogP) is 1.84. The van der Waals surface area contributed by atoms with Gasteiger partial charge in [0.05, 0.1) is 17.7 Å². The predicted molar refractivity (Wildman–Crippen MR) is 73.6 cm³/mol. The molecule has 0 N–H and O–H groups in total. The van der Waals surface area contributed by atoms with Gasteiger partial charge in [0, 0.05) is 19.0 Å². The summed E-state index contributed by atoms with van der Waals surface area (Å²) in [5, 5.41) is 9.18. The Morgan fingerprint density at radius 2 is 2.30 bits per heavy atom. The van der Waals surface area contributed by atoms with Crippen LogP contribution >= 0.6 is 11.6 Å². The van der Waals surface area contributed by atoms with E-state index in [-0.39, 0.29) is 18.1 Å². The number of halogens is 1. The Bertz CT molecular complexity index is 556. The molecule has 106 valence electrons. The standard InChI is InChI=1S/C14H15ClN2O3/c1-17-8-11(6-13(17)14(18)19-2)20-10-4-3-9(7-16)12(15)5-10/h3-5,11,13H,6,8H2,1-2H3/t11-,13+/m1/s1. The summed E-state index contributed by atoms with van der Waals surface area (Å²) in [4.78, 5) is 13.5. The molecular formula is C14H15ClN2O3. The van der Waals surface area contributed by atoms with Crippen molar-refractivity contribution < 1.29 is 14.3 Å². The van der Waals surface area contributed by atoms with Gasteiger partial charge in [-0.25, -0.2) is 0 Å². The first-order chi connectivity index (χ1) is 9.55. The molecule has 2 atom stereocenters. The SMILES string of the molecule is COC(=O)[C@@H]1C[C@@H](Oc2ccc(C#N)c(Cl)c2)CN1C. The second-order valence-electron chi connectivity index (χ2n) is 4.71. The first-order valence-corrected chi connectivity index (χ1v) is 6.57. The molecule has 20 heavy (non-hydrogen) atoms. The summed E-state index contributed by atoms with van der Waals surface area (Å²) < 4.78 is 10.6. The molecule has 0 amide bonds. The van der Waals surface area contributed by atoms with Crippen LogP contribution in [-0.2, 0) is 9.53 Å². The van der Waals surface area contributed by atoms with E-state index in [1.807, 2.05) is 18.0 Å². The lowest BCUT2D eigenvalue weighted by atomic mass is 10.2. The molecule has 1 aliphatic heterocycles. The third-order valence-electron chi connectivity index (χ3n) is 3.35. The lowest BCUT2D eigenvalue weighted by molar-refractivity contribution is -0.145. The lowest BCUT2D eigenvalue weighted by Crippen LogP contribution is -2.33. The van der Waals surface area contributed by atoms with Crippen LogP contribution in [0.3, 0.4) is 0 Å². The van der Waals surface area contributed by atoms with Crippen molar-refractivity contribution in [1.29, 1.82) is 5.26 Å². The van der Waals surface area contributed by atoms with Crippen molar-refractivity contribution in [2.75, 3.05) is 20.7 Å². The van der Waals surface area contributed by atoms with E-state index in [1.54, 1.807) is 18.2 Å². The van der Waals surface area contributed by atoms with Crippen LogP contribution in [0.15, 0.2) is 18.2 Å². The zero-order valence-electron chi connectivity index (χ0n) is 11.3. The zero-order valence-corrected chi connectivity index (χ0v) is 12.1. The number of rotatable bonds is 3. The van der Waals surface area contributed by atoms with Gasteiger partial charge in [0.1, 0.15) is 24.0 Å². The first-order valence-electron chi connectivity index (χ1n) is 6.19. The number of likely N-dealkylation sites (tertiary alicyclic amines) is 1.